The van der Waals surface area contributed by atoms with Gasteiger partial charge in [-0.3, -0.25) is 0 Å². The summed E-state index contributed by atoms with van der Waals surface area (Å²) in [4.78, 5) is 0. The van der Waals surface area contributed by atoms with Crippen LogP contribution in [0.15, 0.2) is 0 Å². The van der Waals surface area contributed by atoms with Gasteiger partial charge in [0.05, 0.1) is 0 Å². The molecule has 0 heterocycles. The molecule has 0 rings (SSSR count). The maximum Gasteiger partial charge on any atom is 0.0430 e. The van der Waals surface area contributed by atoms with Gasteiger partial charge >= 0.3 is 0 Å². The monoisotopic (exact) mass is 266 g/mol. The van der Waals surface area contributed by atoms with Crippen LogP contribution in [0.3, 0.4) is 0 Å². The third-order valence-corrected chi connectivity index (χ3v) is 0.512. The Bertz CT molecular complexity index is 20.0. The van der Waals surface area contributed by atoms with Crippen molar-refractivity contribution in [2.45, 2.75) is 19.8 Å². The minimum Gasteiger partial charge on any atom is -0.396 e. The zero-order valence-corrected chi connectivity index (χ0v) is 11.8. The van der Waals surface area contributed by atoms with E-state index >= 15 is 0 Å². The van der Waals surface area contributed by atoms with Gasteiger partial charge < -0.3 is 5.11 Å². The maximum atomic E-state index is 8.07. The second-order valence-electron chi connectivity index (χ2n) is 1.08. The van der Waals surface area contributed by atoms with E-state index in [1.165, 1.54) is 0 Å². The molecule has 5 heteroatoms. The Morgan fingerprint density at radius 1 is 1.00 bits per heavy atom. The van der Waals surface area contributed by atoms with E-state index in [2.05, 4.69) is 6.92 Å². The van der Waals surface area contributed by atoms with Crippen molar-refractivity contribution in [3.05, 3.63) is 0 Å². The fourth-order valence-electron chi connectivity index (χ4n) is 0.158. The molecule has 0 aromatic heterocycles. The smallest absolute Gasteiger partial charge is 0.0430 e. The Hall–Kier alpha value is 2.82. The second kappa shape index (κ2) is 30.8. The Balaban J connectivity index is -0.0000000133. The maximum absolute atomic E-state index is 8.07. The Morgan fingerprint density at radius 3 is 1.33 bits per heavy atom. The van der Waals surface area contributed by atoms with Gasteiger partial charge in [-0.2, -0.15) is 0 Å². The summed E-state index contributed by atoms with van der Waals surface area (Å²) in [5, 5.41) is 8.07. The molecule has 0 fully saturated rings. The van der Waals surface area contributed by atoms with E-state index in [0.29, 0.717) is 6.61 Å². The predicted octanol–water partition coefficient (Wildman–Crippen LogP) is 0.769. The van der Waals surface area contributed by atoms with Gasteiger partial charge in [-0.25, -0.2) is 0 Å². The summed E-state index contributed by atoms with van der Waals surface area (Å²) in [5.74, 6) is 0. The molecular formula is C4H10OTi4. The minimum absolute atomic E-state index is 0. The van der Waals surface area contributed by atoms with Crippen LogP contribution in [0.5, 0.6) is 0 Å². The summed E-state index contributed by atoms with van der Waals surface area (Å²) in [5.41, 5.74) is 0. The van der Waals surface area contributed by atoms with E-state index in [9.17, 15) is 0 Å². The molecule has 0 atom stereocenters. The summed E-state index contributed by atoms with van der Waals surface area (Å²) in [6.45, 7) is 2.40. The molecule has 0 unspecified atom stereocenters. The average Bonchev–Trinajstić information content (AvgIpc) is 1.41. The molecule has 9 heavy (non-hydrogen) atoms. The van der Waals surface area contributed by atoms with E-state index in [1.807, 2.05) is 0 Å². The van der Waals surface area contributed by atoms with Gasteiger partial charge in [-0.05, 0) is 6.42 Å². The van der Waals surface area contributed by atoms with Crippen molar-refractivity contribution in [2.75, 3.05) is 6.61 Å². The van der Waals surface area contributed by atoms with Crippen LogP contribution in [-0.2, 0) is 86.9 Å². The summed E-state index contributed by atoms with van der Waals surface area (Å²) < 4.78 is 0. The van der Waals surface area contributed by atoms with E-state index < -0.39 is 0 Å². The largest absolute Gasteiger partial charge is 0.396 e. The van der Waals surface area contributed by atoms with Crippen LogP contribution in [0.1, 0.15) is 19.8 Å². The first-order chi connectivity index (χ1) is 2.41. The molecule has 0 aliphatic heterocycles. The van der Waals surface area contributed by atoms with Crippen molar-refractivity contribution in [3.63, 3.8) is 0 Å². The van der Waals surface area contributed by atoms with E-state index in [1.54, 1.807) is 0 Å². The van der Waals surface area contributed by atoms with Crippen LogP contribution in [0.2, 0.25) is 0 Å². The van der Waals surface area contributed by atoms with Gasteiger partial charge in [-0.1, -0.05) is 13.3 Å². The summed E-state index contributed by atoms with van der Waals surface area (Å²) in [7, 11) is 0. The van der Waals surface area contributed by atoms with Gasteiger partial charge in [0.1, 0.15) is 0 Å². The molecule has 0 saturated heterocycles. The molecule has 0 bridgehead atoms. The van der Waals surface area contributed by atoms with Gasteiger partial charge in [0.2, 0.25) is 0 Å². The number of unbranched alkanes of at least 4 members (excludes halogenated alkanes) is 1. The second-order valence-corrected chi connectivity index (χ2v) is 1.08. The molecule has 0 aliphatic carbocycles. The van der Waals surface area contributed by atoms with Crippen molar-refractivity contribution in [1.29, 1.82) is 0 Å². The average molecular weight is 266 g/mol. The van der Waals surface area contributed by atoms with E-state index in [0.717, 1.165) is 12.8 Å². The first-order valence-corrected chi connectivity index (χ1v) is 2.02. The van der Waals surface area contributed by atoms with Crippen LogP contribution in [0, 0.1) is 0 Å². The molecule has 0 saturated carbocycles. The van der Waals surface area contributed by atoms with Gasteiger partial charge in [0.25, 0.3) is 0 Å². The molecule has 0 radical (unpaired) electrons. The third-order valence-electron chi connectivity index (χ3n) is 0.512. The SMILES string of the molecule is CCCCO.[Ti].[Ti].[Ti].[Ti]. The fourth-order valence-corrected chi connectivity index (χ4v) is 0.158. The van der Waals surface area contributed by atoms with Crippen molar-refractivity contribution < 1.29 is 92.0 Å². The molecule has 0 spiro atoms. The van der Waals surface area contributed by atoms with E-state index in [4.69, 9.17) is 5.11 Å². The topological polar surface area (TPSA) is 20.2 Å². The molecule has 0 aromatic carbocycles. The van der Waals surface area contributed by atoms with Crippen molar-refractivity contribution in [2.24, 2.45) is 0 Å². The first-order valence-electron chi connectivity index (χ1n) is 2.02. The molecule has 1 N–H and O–H groups in total. The van der Waals surface area contributed by atoms with Crippen LogP contribution < -0.4 is 0 Å². The zero-order chi connectivity index (χ0) is 4.12. The number of hydrogen-bond donors (Lipinski definition) is 1. The van der Waals surface area contributed by atoms with Crippen molar-refractivity contribution >= 4 is 0 Å². The van der Waals surface area contributed by atoms with Crippen LogP contribution in [0.4, 0.5) is 0 Å². The Kier molecular flexibility index (Phi) is 102. The zero-order valence-electron chi connectivity index (χ0n) is 5.57. The van der Waals surface area contributed by atoms with Gasteiger partial charge in [0, 0.05) is 93.5 Å². The quantitative estimate of drug-likeness (QED) is 0.731. The van der Waals surface area contributed by atoms with Crippen molar-refractivity contribution in [1.82, 2.24) is 0 Å². The van der Waals surface area contributed by atoms with Crippen LogP contribution in [-0.4, -0.2) is 11.7 Å². The Morgan fingerprint density at radius 2 is 1.33 bits per heavy atom. The number of rotatable bonds is 2. The molecule has 0 aliphatic rings. The molecule has 0 aromatic rings. The molecule has 1 nitrogen and oxygen atoms in total. The van der Waals surface area contributed by atoms with Crippen LogP contribution >= 0.6 is 0 Å². The van der Waals surface area contributed by atoms with Gasteiger partial charge in [-0.15, -0.1) is 0 Å². The molecular weight excluding hydrogens is 256 g/mol. The Labute approximate surface area is 117 Å². The number of hydrogen-bond acceptors (Lipinski definition) is 1. The fraction of sp³-hybridized carbons (Fsp3) is 1.00. The third kappa shape index (κ3) is 36.2. The normalized spacial score (nSPS) is 4.67. The number of aliphatic hydroxyl groups excluding tert-OH is 1. The van der Waals surface area contributed by atoms with Gasteiger partial charge in [0.15, 0.2) is 0 Å². The summed E-state index contributed by atoms with van der Waals surface area (Å²) >= 11 is 0. The standard InChI is InChI=1S/C4H10O.4Ti/c1-2-3-4-5;;;;/h5H,2-4H2,1H3;;;;. The predicted molar refractivity (Wildman–Crippen MR) is 22.0 cm³/mol. The summed E-state index contributed by atoms with van der Waals surface area (Å²) in [6.07, 6.45) is 2.04. The minimum atomic E-state index is 0. The summed E-state index contributed by atoms with van der Waals surface area (Å²) in [6, 6.07) is 0. The van der Waals surface area contributed by atoms with Crippen LogP contribution in [0.25, 0.3) is 0 Å². The first kappa shape index (κ1) is 29.8. The molecule has 48 valence electrons. The number of aliphatic hydroxyl groups is 1. The van der Waals surface area contributed by atoms with Crippen molar-refractivity contribution in [3.8, 4) is 0 Å². The molecule has 0 amide bonds. The van der Waals surface area contributed by atoms with E-state index in [-0.39, 0.29) is 86.9 Å².